The quantitative estimate of drug-likeness (QED) is 0.534. The molecule has 1 heterocycles. The number of guanidine groups is 1. The second-order valence-corrected chi connectivity index (χ2v) is 5.82. The molecule has 0 saturated heterocycles. The Kier molecular flexibility index (Phi) is 4.55. The van der Waals surface area contributed by atoms with Gasteiger partial charge < -0.3 is 14.9 Å². The summed E-state index contributed by atoms with van der Waals surface area (Å²) in [6, 6.07) is 10.8. The van der Waals surface area contributed by atoms with E-state index in [2.05, 4.69) is 4.99 Å². The lowest BCUT2D eigenvalue weighted by Gasteiger charge is -2.23. The van der Waals surface area contributed by atoms with Crippen LogP contribution in [0.2, 0.25) is 10.0 Å². The van der Waals surface area contributed by atoms with Gasteiger partial charge in [0.05, 0.1) is 23.2 Å². The third-order valence-corrected chi connectivity index (χ3v) is 4.15. The van der Waals surface area contributed by atoms with Gasteiger partial charge in [0.2, 0.25) is 11.8 Å². The fraction of sp³-hybridized carbons (Fsp3) is 0.118. The Morgan fingerprint density at radius 1 is 1.25 bits per heavy atom. The molecule has 1 aromatic heterocycles. The first-order valence-corrected chi connectivity index (χ1v) is 7.84. The first kappa shape index (κ1) is 16.5. The van der Waals surface area contributed by atoms with Crippen molar-refractivity contribution in [2.24, 2.45) is 10.7 Å². The van der Waals surface area contributed by atoms with Crippen LogP contribution in [0.5, 0.6) is 5.75 Å². The van der Waals surface area contributed by atoms with Gasteiger partial charge >= 0.3 is 0 Å². The maximum absolute atomic E-state index is 6.36. The van der Waals surface area contributed by atoms with Gasteiger partial charge in [-0.15, -0.1) is 0 Å². The molecule has 0 atom stereocenters. The van der Waals surface area contributed by atoms with Crippen molar-refractivity contribution in [1.29, 1.82) is 0 Å². The molecular weight excluding hydrogens is 349 g/mol. The molecule has 0 aliphatic carbocycles. The molecule has 2 aromatic carbocycles. The molecule has 0 aliphatic heterocycles. The van der Waals surface area contributed by atoms with Crippen LogP contribution in [0, 0.1) is 0 Å². The van der Waals surface area contributed by atoms with Gasteiger partial charge in [-0.25, -0.2) is 4.90 Å². The van der Waals surface area contributed by atoms with Crippen molar-refractivity contribution in [3.63, 3.8) is 0 Å². The number of ether oxygens (including phenoxy) is 1. The molecule has 5 nitrogen and oxygen atoms in total. The van der Waals surface area contributed by atoms with E-state index in [9.17, 15) is 0 Å². The van der Waals surface area contributed by atoms with Gasteiger partial charge in [0.25, 0.3) is 0 Å². The maximum Gasteiger partial charge on any atom is 0.216 e. The Bertz CT molecular complexity index is 921. The molecule has 124 valence electrons. The normalized spacial score (nSPS) is 11.8. The van der Waals surface area contributed by atoms with Gasteiger partial charge in [0.15, 0.2) is 0 Å². The summed E-state index contributed by atoms with van der Waals surface area (Å²) in [6.07, 6.45) is 1.61. The molecule has 0 aliphatic rings. The number of anilines is 2. The second-order valence-electron chi connectivity index (χ2n) is 4.98. The third kappa shape index (κ3) is 2.77. The van der Waals surface area contributed by atoms with Crippen LogP contribution in [0.1, 0.15) is 0 Å². The zero-order valence-corrected chi connectivity index (χ0v) is 14.6. The maximum atomic E-state index is 6.36. The number of nitrogens with two attached hydrogens (primary N) is 1. The SMILES string of the molecule is CN=C(N)N(c1cc(Cl)ccc1OC)c1occ2cccc(Cl)c12. The van der Waals surface area contributed by atoms with E-state index in [1.807, 2.05) is 12.1 Å². The predicted molar refractivity (Wildman–Crippen MR) is 98.9 cm³/mol. The average Bonchev–Trinajstić information content (AvgIpc) is 3.00. The van der Waals surface area contributed by atoms with Crippen LogP contribution >= 0.6 is 23.2 Å². The van der Waals surface area contributed by atoms with E-state index in [-0.39, 0.29) is 5.96 Å². The highest BCUT2D eigenvalue weighted by Crippen LogP contribution is 2.41. The van der Waals surface area contributed by atoms with E-state index in [1.165, 1.54) is 0 Å². The number of halogens is 2. The molecule has 3 aromatic rings. The van der Waals surface area contributed by atoms with E-state index < -0.39 is 0 Å². The van der Waals surface area contributed by atoms with Crippen molar-refractivity contribution < 1.29 is 9.15 Å². The van der Waals surface area contributed by atoms with E-state index >= 15 is 0 Å². The molecule has 0 spiro atoms. The predicted octanol–water partition coefficient (Wildman–Crippen LogP) is 4.83. The first-order valence-electron chi connectivity index (χ1n) is 7.08. The second kappa shape index (κ2) is 6.63. The van der Waals surface area contributed by atoms with Crippen LogP contribution in [0.25, 0.3) is 10.8 Å². The van der Waals surface area contributed by atoms with Gasteiger partial charge in [-0.2, -0.15) is 0 Å². The van der Waals surface area contributed by atoms with Gasteiger partial charge in [0.1, 0.15) is 12.0 Å². The molecule has 7 heteroatoms. The van der Waals surface area contributed by atoms with Crippen LogP contribution in [-0.2, 0) is 0 Å². The first-order chi connectivity index (χ1) is 11.6. The Hall–Kier alpha value is -2.37. The minimum absolute atomic E-state index is 0.215. The Balaban J connectivity index is 2.31. The fourth-order valence-corrected chi connectivity index (χ4v) is 2.91. The molecule has 0 bridgehead atoms. The van der Waals surface area contributed by atoms with Crippen molar-refractivity contribution >= 4 is 51.5 Å². The van der Waals surface area contributed by atoms with E-state index in [1.54, 1.807) is 49.6 Å². The van der Waals surface area contributed by atoms with Crippen molar-refractivity contribution in [2.45, 2.75) is 0 Å². The van der Waals surface area contributed by atoms with Crippen LogP contribution in [0.3, 0.4) is 0 Å². The standard InChI is InChI=1S/C17H15Cl2N3O2/c1-21-17(20)22(13-8-11(18)6-7-14(13)23-2)16-15-10(9-24-16)4-3-5-12(15)19/h3-9H,1-2H3,(H2,20,21). The summed E-state index contributed by atoms with van der Waals surface area (Å²) >= 11 is 12.5. The fourth-order valence-electron chi connectivity index (χ4n) is 2.48. The molecule has 3 rings (SSSR count). The number of furan rings is 1. The van der Waals surface area contributed by atoms with Crippen molar-refractivity contribution in [3.8, 4) is 5.75 Å². The highest BCUT2D eigenvalue weighted by atomic mass is 35.5. The molecule has 0 saturated carbocycles. The number of benzene rings is 2. The van der Waals surface area contributed by atoms with Crippen LogP contribution in [0.15, 0.2) is 52.1 Å². The van der Waals surface area contributed by atoms with Crippen molar-refractivity contribution in [1.82, 2.24) is 0 Å². The van der Waals surface area contributed by atoms with E-state index in [4.69, 9.17) is 38.1 Å². The molecule has 0 fully saturated rings. The summed E-state index contributed by atoms with van der Waals surface area (Å²) < 4.78 is 11.2. The lowest BCUT2D eigenvalue weighted by Crippen LogP contribution is -2.33. The highest BCUT2D eigenvalue weighted by molar-refractivity contribution is 6.37. The number of rotatable bonds is 3. The average molecular weight is 364 g/mol. The van der Waals surface area contributed by atoms with Crippen LogP contribution < -0.4 is 15.4 Å². The number of fused-ring (bicyclic) bond motifs is 1. The molecule has 0 radical (unpaired) electrons. The summed E-state index contributed by atoms with van der Waals surface area (Å²) in [4.78, 5) is 5.71. The Morgan fingerprint density at radius 2 is 2.04 bits per heavy atom. The minimum atomic E-state index is 0.215. The number of hydrogen-bond donors (Lipinski definition) is 1. The van der Waals surface area contributed by atoms with Crippen LogP contribution in [-0.4, -0.2) is 20.1 Å². The molecule has 24 heavy (non-hydrogen) atoms. The smallest absolute Gasteiger partial charge is 0.216 e. The summed E-state index contributed by atoms with van der Waals surface area (Å²) in [5.41, 5.74) is 6.73. The third-order valence-electron chi connectivity index (χ3n) is 3.60. The minimum Gasteiger partial charge on any atom is -0.495 e. The number of hydrogen-bond acceptors (Lipinski definition) is 3. The van der Waals surface area contributed by atoms with Crippen LogP contribution in [0.4, 0.5) is 11.6 Å². The van der Waals surface area contributed by atoms with Crippen molar-refractivity contribution in [3.05, 3.63) is 52.7 Å². The van der Waals surface area contributed by atoms with Gasteiger partial charge in [0, 0.05) is 17.5 Å². The Labute approximate surface area is 149 Å². The summed E-state index contributed by atoms with van der Waals surface area (Å²) in [6.45, 7) is 0. The number of aliphatic imine (C=N–C) groups is 1. The summed E-state index contributed by atoms with van der Waals surface area (Å²) in [5.74, 6) is 1.23. The Morgan fingerprint density at radius 3 is 2.75 bits per heavy atom. The van der Waals surface area contributed by atoms with E-state index in [0.717, 1.165) is 10.8 Å². The highest BCUT2D eigenvalue weighted by Gasteiger charge is 2.24. The largest absolute Gasteiger partial charge is 0.495 e. The van der Waals surface area contributed by atoms with E-state index in [0.29, 0.717) is 27.4 Å². The lowest BCUT2D eigenvalue weighted by atomic mass is 10.2. The van der Waals surface area contributed by atoms with Gasteiger partial charge in [-0.3, -0.25) is 4.99 Å². The van der Waals surface area contributed by atoms with Gasteiger partial charge in [-0.05, 0) is 24.3 Å². The monoisotopic (exact) mass is 363 g/mol. The molecule has 0 unspecified atom stereocenters. The number of nitrogens with zero attached hydrogens (tertiary/aromatic N) is 2. The molecule has 2 N–H and O–H groups in total. The summed E-state index contributed by atoms with van der Waals surface area (Å²) in [5, 5.41) is 2.66. The molecule has 0 amide bonds. The zero-order valence-electron chi connectivity index (χ0n) is 13.1. The van der Waals surface area contributed by atoms with Crippen molar-refractivity contribution in [2.75, 3.05) is 19.1 Å². The zero-order chi connectivity index (χ0) is 17.3. The topological polar surface area (TPSA) is 64.0 Å². The summed E-state index contributed by atoms with van der Waals surface area (Å²) in [7, 11) is 3.16. The van der Waals surface area contributed by atoms with Gasteiger partial charge in [-0.1, -0.05) is 35.3 Å². The lowest BCUT2D eigenvalue weighted by molar-refractivity contribution is 0.415. The molecular formula is C17H15Cl2N3O2. The number of methoxy groups -OCH3 is 1.